The SMILES string of the molecule is CS(=O)(=O)CC1(c2ccc(N3C[C@@]4(C(N)=O)CCCN4C3=O)cc2)CC1. The number of nitrogens with two attached hydrogens (primary N) is 1. The lowest BCUT2D eigenvalue weighted by molar-refractivity contribution is -0.125. The Morgan fingerprint density at radius 2 is 1.85 bits per heavy atom. The van der Waals surface area contributed by atoms with Crippen LogP contribution >= 0.6 is 0 Å². The number of rotatable bonds is 5. The molecular formula is C18H23N3O4S. The zero-order valence-corrected chi connectivity index (χ0v) is 15.6. The van der Waals surface area contributed by atoms with Gasteiger partial charge < -0.3 is 10.6 Å². The summed E-state index contributed by atoms with van der Waals surface area (Å²) in [5.74, 6) is -0.298. The Bertz CT molecular complexity index is 876. The molecule has 1 aromatic carbocycles. The highest BCUT2D eigenvalue weighted by Crippen LogP contribution is 2.49. The van der Waals surface area contributed by atoms with E-state index < -0.39 is 21.3 Å². The molecule has 1 saturated carbocycles. The number of benzene rings is 1. The highest BCUT2D eigenvalue weighted by atomic mass is 32.2. The molecule has 1 aliphatic carbocycles. The Hall–Kier alpha value is -2.09. The Kier molecular flexibility index (Phi) is 3.63. The average Bonchev–Trinajstić information content (AvgIpc) is 3.09. The fourth-order valence-corrected chi connectivity index (χ4v) is 5.96. The Morgan fingerprint density at radius 1 is 1.19 bits per heavy atom. The average molecular weight is 377 g/mol. The highest BCUT2D eigenvalue weighted by Gasteiger charge is 2.56. The van der Waals surface area contributed by atoms with Crippen molar-refractivity contribution >= 4 is 27.5 Å². The maximum absolute atomic E-state index is 12.7. The van der Waals surface area contributed by atoms with Gasteiger partial charge in [0.2, 0.25) is 5.91 Å². The summed E-state index contributed by atoms with van der Waals surface area (Å²) in [6.07, 6.45) is 4.37. The molecule has 4 rings (SSSR count). The van der Waals surface area contributed by atoms with Gasteiger partial charge >= 0.3 is 6.03 Å². The van der Waals surface area contributed by atoms with Crippen molar-refractivity contribution in [2.24, 2.45) is 5.73 Å². The van der Waals surface area contributed by atoms with Crippen molar-refractivity contribution in [2.75, 3.05) is 30.0 Å². The fraction of sp³-hybridized carbons (Fsp3) is 0.556. The van der Waals surface area contributed by atoms with E-state index in [0.29, 0.717) is 18.7 Å². The first kappa shape index (κ1) is 17.3. The first-order chi connectivity index (χ1) is 12.2. The molecule has 2 heterocycles. The molecule has 0 spiro atoms. The van der Waals surface area contributed by atoms with E-state index in [1.807, 2.05) is 24.3 Å². The molecule has 7 nitrogen and oxygen atoms in total. The van der Waals surface area contributed by atoms with Crippen LogP contribution in [0.1, 0.15) is 31.2 Å². The number of carbonyl (C=O) groups excluding carboxylic acids is 2. The van der Waals surface area contributed by atoms with Crippen molar-refractivity contribution in [2.45, 2.75) is 36.6 Å². The number of amides is 3. The molecule has 2 aliphatic heterocycles. The van der Waals surface area contributed by atoms with Crippen molar-refractivity contribution in [3.05, 3.63) is 29.8 Å². The molecule has 2 saturated heterocycles. The standard InChI is InChI=1S/C18H23N3O4S/c1-26(24,25)12-17(8-9-17)13-3-5-14(6-4-13)20-11-18(15(19)22)7-2-10-21(18)16(20)23/h3-6H,2,7-12H2,1H3,(H2,19,22)/t18-/m1/s1. The van der Waals surface area contributed by atoms with Crippen LogP contribution in [-0.2, 0) is 20.0 Å². The van der Waals surface area contributed by atoms with Crippen LogP contribution in [0.2, 0.25) is 0 Å². The van der Waals surface area contributed by atoms with Gasteiger partial charge in [-0.15, -0.1) is 0 Å². The lowest BCUT2D eigenvalue weighted by atomic mass is 9.96. The topological polar surface area (TPSA) is 101 Å². The quantitative estimate of drug-likeness (QED) is 0.828. The smallest absolute Gasteiger partial charge is 0.325 e. The van der Waals surface area contributed by atoms with Crippen molar-refractivity contribution in [3.63, 3.8) is 0 Å². The molecular weight excluding hydrogens is 354 g/mol. The van der Waals surface area contributed by atoms with E-state index in [1.165, 1.54) is 6.26 Å². The second-order valence-corrected chi connectivity index (χ2v) is 10.1. The van der Waals surface area contributed by atoms with Gasteiger partial charge in [-0.25, -0.2) is 13.2 Å². The predicted molar refractivity (Wildman–Crippen MR) is 97.7 cm³/mol. The summed E-state index contributed by atoms with van der Waals surface area (Å²) in [6, 6.07) is 7.30. The minimum Gasteiger partial charge on any atom is -0.368 e. The van der Waals surface area contributed by atoms with Crippen LogP contribution in [0.4, 0.5) is 10.5 Å². The third-order valence-electron chi connectivity index (χ3n) is 6.01. The maximum Gasteiger partial charge on any atom is 0.325 e. The monoisotopic (exact) mass is 377 g/mol. The van der Waals surface area contributed by atoms with Crippen molar-refractivity contribution in [3.8, 4) is 0 Å². The summed E-state index contributed by atoms with van der Waals surface area (Å²) >= 11 is 0. The van der Waals surface area contributed by atoms with E-state index in [4.69, 9.17) is 5.73 Å². The number of fused-ring (bicyclic) bond motifs is 1. The van der Waals surface area contributed by atoms with E-state index in [9.17, 15) is 18.0 Å². The minimum absolute atomic E-state index is 0.153. The first-order valence-corrected chi connectivity index (χ1v) is 10.9. The molecule has 8 heteroatoms. The molecule has 3 amide bonds. The molecule has 0 aromatic heterocycles. The largest absolute Gasteiger partial charge is 0.368 e. The van der Waals surface area contributed by atoms with Gasteiger partial charge in [-0.05, 0) is 43.4 Å². The second kappa shape index (κ2) is 5.45. The molecule has 0 unspecified atom stereocenters. The summed E-state index contributed by atoms with van der Waals surface area (Å²) in [5, 5.41) is 0. The van der Waals surface area contributed by atoms with Crippen LogP contribution in [0, 0.1) is 0 Å². The number of hydrogen-bond acceptors (Lipinski definition) is 4. The van der Waals surface area contributed by atoms with Crippen LogP contribution in [0.25, 0.3) is 0 Å². The van der Waals surface area contributed by atoms with Gasteiger partial charge in [0.25, 0.3) is 0 Å². The molecule has 3 aliphatic rings. The number of primary amides is 1. The summed E-state index contributed by atoms with van der Waals surface area (Å²) < 4.78 is 23.4. The van der Waals surface area contributed by atoms with Crippen LogP contribution in [0.5, 0.6) is 0 Å². The van der Waals surface area contributed by atoms with Gasteiger partial charge in [0.1, 0.15) is 15.4 Å². The zero-order chi connectivity index (χ0) is 18.7. The summed E-state index contributed by atoms with van der Waals surface area (Å²) in [4.78, 5) is 27.9. The van der Waals surface area contributed by atoms with E-state index in [1.54, 1.807) is 9.80 Å². The zero-order valence-electron chi connectivity index (χ0n) is 14.8. The van der Waals surface area contributed by atoms with Crippen LogP contribution in [0.3, 0.4) is 0 Å². The van der Waals surface area contributed by atoms with Crippen molar-refractivity contribution in [1.82, 2.24) is 4.90 Å². The Balaban J connectivity index is 1.59. The molecule has 26 heavy (non-hydrogen) atoms. The van der Waals surface area contributed by atoms with Gasteiger partial charge in [0.05, 0.1) is 12.3 Å². The third-order valence-corrected chi connectivity index (χ3v) is 7.09. The fourth-order valence-electron chi connectivity index (χ4n) is 4.50. The summed E-state index contributed by atoms with van der Waals surface area (Å²) in [6.45, 7) is 0.822. The lowest BCUT2D eigenvalue weighted by Crippen LogP contribution is -2.52. The number of anilines is 1. The Morgan fingerprint density at radius 3 is 2.35 bits per heavy atom. The van der Waals surface area contributed by atoms with Crippen LogP contribution < -0.4 is 10.6 Å². The molecule has 140 valence electrons. The predicted octanol–water partition coefficient (Wildman–Crippen LogP) is 1.02. The number of urea groups is 1. The van der Waals surface area contributed by atoms with E-state index in [-0.39, 0.29) is 23.7 Å². The third kappa shape index (κ3) is 2.58. The molecule has 2 N–H and O–H groups in total. The number of nitrogens with zero attached hydrogens (tertiary/aromatic N) is 2. The number of hydrogen-bond donors (Lipinski definition) is 1. The minimum atomic E-state index is -3.05. The summed E-state index contributed by atoms with van der Waals surface area (Å²) in [7, 11) is -3.05. The van der Waals surface area contributed by atoms with Gasteiger partial charge in [-0.2, -0.15) is 0 Å². The van der Waals surface area contributed by atoms with Crippen LogP contribution in [-0.4, -0.2) is 55.9 Å². The van der Waals surface area contributed by atoms with Gasteiger partial charge in [0, 0.05) is 23.9 Å². The normalized spacial score (nSPS) is 26.9. The molecule has 3 fully saturated rings. The number of carbonyl (C=O) groups is 2. The molecule has 1 aromatic rings. The maximum atomic E-state index is 12.7. The lowest BCUT2D eigenvalue weighted by Gasteiger charge is -2.25. The van der Waals surface area contributed by atoms with E-state index in [0.717, 1.165) is 24.8 Å². The van der Waals surface area contributed by atoms with Gasteiger partial charge in [-0.1, -0.05) is 12.1 Å². The highest BCUT2D eigenvalue weighted by molar-refractivity contribution is 7.90. The molecule has 1 atom stereocenters. The van der Waals surface area contributed by atoms with E-state index >= 15 is 0 Å². The van der Waals surface area contributed by atoms with Crippen LogP contribution in [0.15, 0.2) is 24.3 Å². The van der Waals surface area contributed by atoms with E-state index in [2.05, 4.69) is 0 Å². The number of sulfone groups is 1. The first-order valence-electron chi connectivity index (χ1n) is 8.84. The summed E-state index contributed by atoms with van der Waals surface area (Å²) in [5.41, 5.74) is 6.13. The Labute approximate surface area is 153 Å². The molecule has 0 radical (unpaired) electrons. The van der Waals surface area contributed by atoms with Crippen molar-refractivity contribution < 1.29 is 18.0 Å². The molecule has 0 bridgehead atoms. The van der Waals surface area contributed by atoms with Gasteiger partial charge in [-0.3, -0.25) is 9.69 Å². The van der Waals surface area contributed by atoms with Crippen molar-refractivity contribution in [1.29, 1.82) is 0 Å². The second-order valence-electron chi connectivity index (χ2n) is 7.92. The van der Waals surface area contributed by atoms with Gasteiger partial charge in [0.15, 0.2) is 0 Å².